The number of amides is 2. The molecule has 0 aromatic heterocycles. The van der Waals surface area contributed by atoms with Crippen LogP contribution in [0.3, 0.4) is 0 Å². The Balaban J connectivity index is 3.21. The van der Waals surface area contributed by atoms with Gasteiger partial charge < -0.3 is 15.0 Å². The lowest BCUT2D eigenvalue weighted by Gasteiger charge is -2.48. The van der Waals surface area contributed by atoms with Crippen LogP contribution < -0.4 is 5.32 Å². The largest absolute Gasteiger partial charge is 0.383 e. The highest BCUT2D eigenvalue weighted by Crippen LogP contribution is 2.28. The molecule has 2 amide bonds. The van der Waals surface area contributed by atoms with Crippen LogP contribution in [0.1, 0.15) is 53.9 Å². The highest BCUT2D eigenvalue weighted by molar-refractivity contribution is 5.99. The molecule has 0 aliphatic carbocycles. The molecule has 0 aromatic rings. The van der Waals surface area contributed by atoms with Gasteiger partial charge in [0.25, 0.3) is 0 Å². The predicted octanol–water partition coefficient (Wildman–Crippen LogP) is 1.95. The Morgan fingerprint density at radius 2 is 1.95 bits per heavy atom. The minimum absolute atomic E-state index is 0.0128. The van der Waals surface area contributed by atoms with Gasteiger partial charge in [-0.3, -0.25) is 9.59 Å². The fraction of sp³-hybridized carbons (Fsp3) is 0.875. The second kappa shape index (κ2) is 7.25. The highest BCUT2D eigenvalue weighted by atomic mass is 16.5. The number of hydrogen-bond acceptors (Lipinski definition) is 3. The molecule has 3 unspecified atom stereocenters. The summed E-state index contributed by atoms with van der Waals surface area (Å²) in [5.74, 6) is 0.0384. The fourth-order valence-electron chi connectivity index (χ4n) is 3.02. The van der Waals surface area contributed by atoms with Crippen LogP contribution in [0.5, 0.6) is 0 Å². The normalized spacial score (nSPS) is 28.0. The SMILES string of the molecule is CCCC(COC)N1C(=O)C(C)(CC)NC(=O)C1C(C)C. The van der Waals surface area contributed by atoms with E-state index in [0.29, 0.717) is 13.0 Å². The van der Waals surface area contributed by atoms with Crippen molar-refractivity contribution in [2.45, 2.75) is 71.5 Å². The van der Waals surface area contributed by atoms with Crippen LogP contribution in [-0.2, 0) is 14.3 Å². The zero-order valence-corrected chi connectivity index (χ0v) is 14.2. The summed E-state index contributed by atoms with van der Waals surface area (Å²) < 4.78 is 5.30. The Morgan fingerprint density at radius 1 is 1.33 bits per heavy atom. The van der Waals surface area contributed by atoms with E-state index in [1.54, 1.807) is 12.0 Å². The molecule has 1 rings (SSSR count). The lowest BCUT2D eigenvalue weighted by molar-refractivity contribution is -0.161. The Kier molecular flexibility index (Phi) is 6.20. The molecule has 21 heavy (non-hydrogen) atoms. The zero-order valence-electron chi connectivity index (χ0n) is 14.2. The van der Waals surface area contributed by atoms with Crippen molar-refractivity contribution >= 4 is 11.8 Å². The van der Waals surface area contributed by atoms with E-state index in [9.17, 15) is 9.59 Å². The standard InChI is InChI=1S/C16H30N2O3/c1-7-9-12(10-21-6)18-13(11(3)4)14(19)17-16(5,8-2)15(18)20/h11-13H,7-10H2,1-6H3,(H,17,19). The number of hydrogen-bond donors (Lipinski definition) is 1. The van der Waals surface area contributed by atoms with Crippen LogP contribution >= 0.6 is 0 Å². The third-order valence-corrected chi connectivity index (χ3v) is 4.39. The van der Waals surface area contributed by atoms with Crippen LogP contribution in [0.4, 0.5) is 0 Å². The van der Waals surface area contributed by atoms with E-state index in [1.165, 1.54) is 0 Å². The van der Waals surface area contributed by atoms with Gasteiger partial charge >= 0.3 is 0 Å². The lowest BCUT2D eigenvalue weighted by atomic mass is 9.86. The smallest absolute Gasteiger partial charge is 0.249 e. The molecular formula is C16H30N2O3. The molecule has 1 N–H and O–H groups in total. The van der Waals surface area contributed by atoms with Crippen LogP contribution in [0.2, 0.25) is 0 Å². The van der Waals surface area contributed by atoms with Crippen molar-refractivity contribution < 1.29 is 14.3 Å². The average molecular weight is 298 g/mol. The van der Waals surface area contributed by atoms with E-state index in [1.807, 2.05) is 27.7 Å². The van der Waals surface area contributed by atoms with Crippen molar-refractivity contribution in [3.63, 3.8) is 0 Å². The van der Waals surface area contributed by atoms with E-state index in [4.69, 9.17) is 4.74 Å². The summed E-state index contributed by atoms with van der Waals surface area (Å²) in [6.07, 6.45) is 2.38. The van der Waals surface area contributed by atoms with Gasteiger partial charge in [0, 0.05) is 7.11 Å². The van der Waals surface area contributed by atoms with E-state index in [0.717, 1.165) is 12.8 Å². The molecule has 1 heterocycles. The number of carbonyl (C=O) groups excluding carboxylic acids is 2. The Hall–Kier alpha value is -1.10. The van der Waals surface area contributed by atoms with Gasteiger partial charge in [-0.05, 0) is 25.7 Å². The van der Waals surface area contributed by atoms with Gasteiger partial charge in [-0.1, -0.05) is 34.1 Å². The molecule has 1 saturated heterocycles. The fourth-order valence-corrected chi connectivity index (χ4v) is 3.02. The monoisotopic (exact) mass is 298 g/mol. The van der Waals surface area contributed by atoms with Crippen molar-refractivity contribution in [3.8, 4) is 0 Å². The topological polar surface area (TPSA) is 58.6 Å². The van der Waals surface area contributed by atoms with Gasteiger partial charge in [0.1, 0.15) is 11.6 Å². The van der Waals surface area contributed by atoms with Gasteiger partial charge in [0.2, 0.25) is 11.8 Å². The third kappa shape index (κ3) is 3.57. The van der Waals surface area contributed by atoms with Crippen LogP contribution in [0, 0.1) is 5.92 Å². The summed E-state index contributed by atoms with van der Waals surface area (Å²) in [7, 11) is 1.64. The minimum Gasteiger partial charge on any atom is -0.383 e. The van der Waals surface area contributed by atoms with Crippen molar-refractivity contribution in [2.24, 2.45) is 5.92 Å². The predicted molar refractivity (Wildman–Crippen MR) is 82.9 cm³/mol. The summed E-state index contributed by atoms with van der Waals surface area (Å²) in [6.45, 7) is 10.3. The molecule has 0 spiro atoms. The molecule has 1 aliphatic heterocycles. The van der Waals surface area contributed by atoms with Crippen LogP contribution in [0.25, 0.3) is 0 Å². The maximum Gasteiger partial charge on any atom is 0.249 e. The second-order valence-electron chi connectivity index (χ2n) is 6.47. The average Bonchev–Trinajstić information content (AvgIpc) is 2.42. The maximum atomic E-state index is 13.0. The molecule has 0 saturated carbocycles. The molecule has 1 fully saturated rings. The highest BCUT2D eigenvalue weighted by Gasteiger charge is 2.49. The first kappa shape index (κ1) is 18.0. The van der Waals surface area contributed by atoms with Crippen LogP contribution in [-0.4, -0.2) is 48.1 Å². The third-order valence-electron chi connectivity index (χ3n) is 4.39. The van der Waals surface area contributed by atoms with Gasteiger partial charge in [0.05, 0.1) is 12.6 Å². The first-order valence-corrected chi connectivity index (χ1v) is 7.96. The molecule has 0 radical (unpaired) electrons. The summed E-state index contributed by atoms with van der Waals surface area (Å²) >= 11 is 0. The molecule has 5 nitrogen and oxygen atoms in total. The molecular weight excluding hydrogens is 268 g/mol. The second-order valence-corrected chi connectivity index (χ2v) is 6.47. The summed E-state index contributed by atoms with van der Waals surface area (Å²) in [5, 5.41) is 2.92. The summed E-state index contributed by atoms with van der Waals surface area (Å²) in [6, 6.07) is -0.458. The lowest BCUT2D eigenvalue weighted by Crippen LogP contribution is -2.72. The van der Waals surface area contributed by atoms with Crippen molar-refractivity contribution in [3.05, 3.63) is 0 Å². The van der Waals surface area contributed by atoms with E-state index < -0.39 is 11.6 Å². The molecule has 122 valence electrons. The van der Waals surface area contributed by atoms with Crippen molar-refractivity contribution in [2.75, 3.05) is 13.7 Å². The van der Waals surface area contributed by atoms with Gasteiger partial charge in [-0.25, -0.2) is 0 Å². The first-order chi connectivity index (χ1) is 9.82. The summed E-state index contributed by atoms with van der Waals surface area (Å²) in [4.78, 5) is 27.3. The van der Waals surface area contributed by atoms with Crippen molar-refractivity contribution in [1.29, 1.82) is 0 Å². The first-order valence-electron chi connectivity index (χ1n) is 7.96. The molecule has 3 atom stereocenters. The van der Waals surface area contributed by atoms with E-state index in [2.05, 4.69) is 12.2 Å². The van der Waals surface area contributed by atoms with Gasteiger partial charge in [-0.2, -0.15) is 0 Å². The van der Waals surface area contributed by atoms with Gasteiger partial charge in [0.15, 0.2) is 0 Å². The Bertz CT molecular complexity index is 378. The number of nitrogens with zero attached hydrogens (tertiary/aromatic N) is 1. The molecule has 0 aromatic carbocycles. The quantitative estimate of drug-likeness (QED) is 0.781. The number of carbonyl (C=O) groups is 2. The minimum atomic E-state index is -0.803. The number of methoxy groups -OCH3 is 1. The number of nitrogens with one attached hydrogen (secondary N) is 1. The maximum absolute atomic E-state index is 13.0. The number of piperazine rings is 1. The molecule has 0 bridgehead atoms. The zero-order chi connectivity index (χ0) is 16.2. The number of ether oxygens (including phenoxy) is 1. The molecule has 5 heteroatoms. The Morgan fingerprint density at radius 3 is 2.38 bits per heavy atom. The van der Waals surface area contributed by atoms with E-state index in [-0.39, 0.29) is 23.8 Å². The van der Waals surface area contributed by atoms with E-state index >= 15 is 0 Å². The molecule has 1 aliphatic rings. The Labute approximate surface area is 128 Å². The van der Waals surface area contributed by atoms with Crippen LogP contribution in [0.15, 0.2) is 0 Å². The number of rotatable bonds is 7. The van der Waals surface area contributed by atoms with Gasteiger partial charge in [-0.15, -0.1) is 0 Å². The van der Waals surface area contributed by atoms with Crippen molar-refractivity contribution in [1.82, 2.24) is 10.2 Å². The summed E-state index contributed by atoms with van der Waals surface area (Å²) in [5.41, 5.74) is -0.803.